The van der Waals surface area contributed by atoms with Gasteiger partial charge in [0.25, 0.3) is 5.91 Å². The zero-order chi connectivity index (χ0) is 13.0. The maximum Gasteiger partial charge on any atom is 0.338 e. The van der Waals surface area contributed by atoms with E-state index in [-0.39, 0.29) is 12.5 Å². The largest absolute Gasteiger partial charge is 0.452 e. The van der Waals surface area contributed by atoms with Crippen LogP contribution in [0, 0.1) is 6.92 Å². The van der Waals surface area contributed by atoms with E-state index in [1.807, 2.05) is 0 Å². The number of carbonyl (C=O) groups is 2. The zero-order valence-electron chi connectivity index (χ0n) is 10.2. The number of esters is 1. The summed E-state index contributed by atoms with van der Waals surface area (Å²) in [6.45, 7) is 1.51. The Morgan fingerprint density at radius 3 is 2.53 bits per heavy atom. The van der Waals surface area contributed by atoms with Gasteiger partial charge in [-0.2, -0.15) is 0 Å². The average molecular weight is 236 g/mol. The summed E-state index contributed by atoms with van der Waals surface area (Å²) >= 11 is 0. The van der Waals surface area contributed by atoms with E-state index in [0.29, 0.717) is 11.3 Å². The first-order chi connectivity index (χ1) is 7.91. The van der Waals surface area contributed by atoms with E-state index >= 15 is 0 Å². The highest BCUT2D eigenvalue weighted by Crippen LogP contribution is 2.13. The molecule has 0 atom stereocenters. The Morgan fingerprint density at radius 2 is 2.00 bits per heavy atom. The molecule has 0 unspecified atom stereocenters. The fourth-order valence-corrected chi connectivity index (χ4v) is 1.25. The molecule has 0 saturated heterocycles. The van der Waals surface area contributed by atoms with Crippen molar-refractivity contribution in [2.24, 2.45) is 0 Å². The molecule has 0 saturated carbocycles. The first-order valence-electron chi connectivity index (χ1n) is 5.15. The molecule has 0 heterocycles. The molecule has 0 radical (unpaired) electrons. The summed E-state index contributed by atoms with van der Waals surface area (Å²) in [5.74, 6) is -0.774. The number of benzene rings is 1. The number of aryl methyl sites for hydroxylation is 1. The number of nitrogens with two attached hydrogens (primary N) is 1. The van der Waals surface area contributed by atoms with Crippen molar-refractivity contribution in [3.05, 3.63) is 29.3 Å². The summed E-state index contributed by atoms with van der Waals surface area (Å²) in [6, 6.07) is 4.90. The summed E-state index contributed by atoms with van der Waals surface area (Å²) in [5.41, 5.74) is 7.31. The number of nitrogen functional groups attached to an aromatic ring is 1. The Hall–Kier alpha value is -2.04. The zero-order valence-corrected chi connectivity index (χ0v) is 10.2. The van der Waals surface area contributed by atoms with Crippen LogP contribution in [0.1, 0.15) is 15.9 Å². The number of amides is 1. The second kappa shape index (κ2) is 5.34. The van der Waals surface area contributed by atoms with Gasteiger partial charge < -0.3 is 15.4 Å². The van der Waals surface area contributed by atoms with Crippen molar-refractivity contribution < 1.29 is 14.3 Å². The SMILES string of the molecule is Cc1cc(N)ccc1C(=O)OCC(=O)N(C)C. The van der Waals surface area contributed by atoms with Crippen molar-refractivity contribution in [2.75, 3.05) is 26.4 Å². The van der Waals surface area contributed by atoms with E-state index in [2.05, 4.69) is 0 Å². The minimum Gasteiger partial charge on any atom is -0.452 e. The number of nitrogens with zero attached hydrogens (tertiary/aromatic N) is 1. The fraction of sp³-hybridized carbons (Fsp3) is 0.333. The smallest absolute Gasteiger partial charge is 0.338 e. The molecular weight excluding hydrogens is 220 g/mol. The summed E-state index contributed by atoms with van der Waals surface area (Å²) in [4.78, 5) is 24.3. The molecule has 5 nitrogen and oxygen atoms in total. The van der Waals surface area contributed by atoms with E-state index in [1.165, 1.54) is 4.90 Å². The Balaban J connectivity index is 2.68. The van der Waals surface area contributed by atoms with Gasteiger partial charge in [0, 0.05) is 19.8 Å². The molecule has 0 spiro atoms. The third-order valence-corrected chi connectivity index (χ3v) is 2.30. The highest BCUT2D eigenvalue weighted by molar-refractivity contribution is 5.93. The van der Waals surface area contributed by atoms with E-state index in [1.54, 1.807) is 39.2 Å². The monoisotopic (exact) mass is 236 g/mol. The second-order valence-electron chi connectivity index (χ2n) is 3.94. The van der Waals surface area contributed by atoms with Gasteiger partial charge in [0.1, 0.15) is 0 Å². The van der Waals surface area contributed by atoms with E-state index in [4.69, 9.17) is 10.5 Å². The van der Waals surface area contributed by atoms with Gasteiger partial charge in [-0.1, -0.05) is 0 Å². The van der Waals surface area contributed by atoms with Crippen LogP contribution < -0.4 is 5.73 Å². The first-order valence-corrected chi connectivity index (χ1v) is 5.15. The lowest BCUT2D eigenvalue weighted by Crippen LogP contribution is -2.27. The standard InChI is InChI=1S/C12H16N2O3/c1-8-6-9(13)4-5-10(8)12(16)17-7-11(15)14(2)3/h4-6H,7,13H2,1-3H3. The van der Waals surface area contributed by atoms with Crippen molar-refractivity contribution in [2.45, 2.75) is 6.92 Å². The summed E-state index contributed by atoms with van der Waals surface area (Å²) in [6.07, 6.45) is 0. The third kappa shape index (κ3) is 3.48. The summed E-state index contributed by atoms with van der Waals surface area (Å²) < 4.78 is 4.90. The normalized spacial score (nSPS) is 9.82. The molecule has 0 aromatic heterocycles. The number of carbonyl (C=O) groups excluding carboxylic acids is 2. The molecule has 0 fully saturated rings. The number of hydrogen-bond donors (Lipinski definition) is 1. The number of rotatable bonds is 3. The fourth-order valence-electron chi connectivity index (χ4n) is 1.25. The van der Waals surface area contributed by atoms with E-state index < -0.39 is 5.97 Å². The van der Waals surface area contributed by atoms with Crippen molar-refractivity contribution >= 4 is 17.6 Å². The lowest BCUT2D eigenvalue weighted by molar-refractivity contribution is -0.131. The molecule has 1 aromatic rings. The van der Waals surface area contributed by atoms with Gasteiger partial charge in [0.05, 0.1) is 5.56 Å². The predicted molar refractivity (Wildman–Crippen MR) is 64.6 cm³/mol. The molecule has 0 aliphatic carbocycles. The van der Waals surface area contributed by atoms with Gasteiger partial charge in [-0.3, -0.25) is 4.79 Å². The van der Waals surface area contributed by atoms with E-state index in [9.17, 15) is 9.59 Å². The van der Waals surface area contributed by atoms with Gasteiger partial charge in [-0.25, -0.2) is 4.79 Å². The highest BCUT2D eigenvalue weighted by Gasteiger charge is 2.13. The van der Waals surface area contributed by atoms with Crippen molar-refractivity contribution in [1.29, 1.82) is 0 Å². The molecule has 2 N–H and O–H groups in total. The van der Waals surface area contributed by atoms with Crippen LogP contribution in [0.3, 0.4) is 0 Å². The molecule has 1 rings (SSSR count). The van der Waals surface area contributed by atoms with E-state index in [0.717, 1.165) is 5.56 Å². The van der Waals surface area contributed by atoms with Gasteiger partial charge >= 0.3 is 5.97 Å². The summed E-state index contributed by atoms with van der Waals surface area (Å²) in [5, 5.41) is 0. The molecule has 5 heteroatoms. The highest BCUT2D eigenvalue weighted by atomic mass is 16.5. The van der Waals surface area contributed by atoms with Crippen molar-refractivity contribution in [3.63, 3.8) is 0 Å². The molecule has 1 amide bonds. The van der Waals surface area contributed by atoms with Crippen LogP contribution >= 0.6 is 0 Å². The first kappa shape index (κ1) is 13.0. The topological polar surface area (TPSA) is 72.6 Å². The van der Waals surface area contributed by atoms with Crippen LogP contribution in [0.25, 0.3) is 0 Å². The molecule has 1 aromatic carbocycles. The lowest BCUT2D eigenvalue weighted by Gasteiger charge is -2.11. The van der Waals surface area contributed by atoms with Crippen LogP contribution in [0.4, 0.5) is 5.69 Å². The van der Waals surface area contributed by atoms with Crippen LogP contribution in [0.15, 0.2) is 18.2 Å². The quantitative estimate of drug-likeness (QED) is 0.623. The Kier molecular flexibility index (Phi) is 4.09. The predicted octanol–water partition coefficient (Wildman–Crippen LogP) is 0.822. The third-order valence-electron chi connectivity index (χ3n) is 2.30. The number of hydrogen-bond acceptors (Lipinski definition) is 4. The number of ether oxygens (including phenoxy) is 1. The van der Waals surface area contributed by atoms with Gasteiger partial charge in [0.2, 0.25) is 0 Å². The number of likely N-dealkylation sites (N-methyl/N-ethyl adjacent to an activating group) is 1. The average Bonchev–Trinajstić information content (AvgIpc) is 2.25. The maximum atomic E-state index is 11.7. The Labute approximate surface area is 100 Å². The second-order valence-corrected chi connectivity index (χ2v) is 3.94. The molecular formula is C12H16N2O3. The molecule has 0 bridgehead atoms. The van der Waals surface area contributed by atoms with Crippen molar-refractivity contribution in [1.82, 2.24) is 4.90 Å². The Bertz CT molecular complexity index is 441. The van der Waals surface area contributed by atoms with Gasteiger partial charge in [-0.05, 0) is 30.7 Å². The van der Waals surface area contributed by atoms with Gasteiger partial charge in [-0.15, -0.1) is 0 Å². The van der Waals surface area contributed by atoms with Crippen LogP contribution in [-0.4, -0.2) is 37.5 Å². The van der Waals surface area contributed by atoms with Gasteiger partial charge in [0.15, 0.2) is 6.61 Å². The molecule has 17 heavy (non-hydrogen) atoms. The molecule has 0 aliphatic heterocycles. The molecule has 92 valence electrons. The molecule has 0 aliphatic rings. The Morgan fingerprint density at radius 1 is 1.35 bits per heavy atom. The maximum absolute atomic E-state index is 11.7. The van der Waals surface area contributed by atoms with Crippen LogP contribution in [0.5, 0.6) is 0 Å². The minimum absolute atomic E-state index is 0.254. The van der Waals surface area contributed by atoms with Crippen LogP contribution in [-0.2, 0) is 9.53 Å². The minimum atomic E-state index is -0.516. The van der Waals surface area contributed by atoms with Crippen LogP contribution in [0.2, 0.25) is 0 Å². The number of anilines is 1. The summed E-state index contributed by atoms with van der Waals surface area (Å²) in [7, 11) is 3.20. The lowest BCUT2D eigenvalue weighted by atomic mass is 10.1. The van der Waals surface area contributed by atoms with Crippen molar-refractivity contribution in [3.8, 4) is 0 Å².